The van der Waals surface area contributed by atoms with Crippen molar-refractivity contribution in [2.24, 2.45) is 11.7 Å². The van der Waals surface area contributed by atoms with Crippen LogP contribution < -0.4 is 25.8 Å². The quantitative estimate of drug-likeness (QED) is 0.388. The molecule has 0 radical (unpaired) electrons. The maximum atomic E-state index is 13.1. The molecule has 2 aliphatic rings. The molecule has 1 unspecified atom stereocenters. The number of rotatable bonds is 11. The topological polar surface area (TPSA) is 164 Å². The average Bonchev–Trinajstić information content (AvgIpc) is 3.56. The lowest BCUT2D eigenvalue weighted by atomic mass is 9.87. The van der Waals surface area contributed by atoms with Gasteiger partial charge in [0.1, 0.15) is 0 Å². The highest BCUT2D eigenvalue weighted by molar-refractivity contribution is 5.94. The number of primary amides is 1. The third-order valence-electron chi connectivity index (χ3n) is 6.09. The Hall–Kier alpha value is -4.10. The number of benzene rings is 1. The fraction of sp³-hybridized carbons (Fsp3) is 0.500. The summed E-state index contributed by atoms with van der Waals surface area (Å²) in [5, 5.41) is 5.44. The van der Waals surface area contributed by atoms with E-state index >= 15 is 0 Å². The molecule has 0 bridgehead atoms. The van der Waals surface area contributed by atoms with E-state index in [-0.39, 0.29) is 40.9 Å². The van der Waals surface area contributed by atoms with E-state index in [2.05, 4.69) is 25.1 Å². The molecular formula is C24H28F2N4O8. The van der Waals surface area contributed by atoms with Crippen LogP contribution in [0.3, 0.4) is 0 Å². The number of nitrogens with one attached hydrogen (secondary N) is 2. The van der Waals surface area contributed by atoms with Gasteiger partial charge in [-0.1, -0.05) is 0 Å². The summed E-state index contributed by atoms with van der Waals surface area (Å²) in [7, 11) is 1.26. The van der Waals surface area contributed by atoms with Gasteiger partial charge in [-0.15, -0.1) is 0 Å². The molecule has 4 rings (SSSR count). The van der Waals surface area contributed by atoms with Crippen LogP contribution in [0, 0.1) is 5.92 Å². The SMILES string of the molecule is COC(=O)NC1CC(NC(=O)c2nc(-c3ccc(OC(F)F)c(OCC4CC4)c3)oc2C(C)OC(N)=O)C1. The van der Waals surface area contributed by atoms with Crippen molar-refractivity contribution in [2.75, 3.05) is 13.7 Å². The lowest BCUT2D eigenvalue weighted by molar-refractivity contribution is -0.0515. The lowest BCUT2D eigenvalue weighted by Gasteiger charge is -2.35. The van der Waals surface area contributed by atoms with Crippen molar-refractivity contribution in [3.63, 3.8) is 0 Å². The Bertz CT molecular complexity index is 1180. The molecule has 0 aliphatic heterocycles. The third kappa shape index (κ3) is 6.81. The highest BCUT2D eigenvalue weighted by atomic mass is 19.3. The molecule has 4 N–H and O–H groups in total. The Morgan fingerprint density at radius 3 is 2.50 bits per heavy atom. The van der Waals surface area contributed by atoms with Crippen LogP contribution in [0.2, 0.25) is 0 Å². The maximum Gasteiger partial charge on any atom is 0.407 e. The van der Waals surface area contributed by atoms with Gasteiger partial charge in [-0.05, 0) is 56.7 Å². The molecule has 0 spiro atoms. The maximum absolute atomic E-state index is 13.1. The van der Waals surface area contributed by atoms with Gasteiger partial charge in [-0.3, -0.25) is 4.79 Å². The van der Waals surface area contributed by atoms with Crippen LogP contribution in [0.5, 0.6) is 11.5 Å². The number of nitrogens with zero attached hydrogens (tertiary/aromatic N) is 1. The number of hydrogen-bond acceptors (Lipinski definition) is 9. The zero-order valence-electron chi connectivity index (χ0n) is 20.7. The summed E-state index contributed by atoms with van der Waals surface area (Å²) in [4.78, 5) is 40.0. The molecule has 3 amide bonds. The van der Waals surface area contributed by atoms with E-state index in [1.165, 1.54) is 32.2 Å². The van der Waals surface area contributed by atoms with Gasteiger partial charge < -0.3 is 39.7 Å². The van der Waals surface area contributed by atoms with Gasteiger partial charge in [0.25, 0.3) is 5.91 Å². The van der Waals surface area contributed by atoms with Crippen LogP contribution in [0.1, 0.15) is 55.0 Å². The van der Waals surface area contributed by atoms with Gasteiger partial charge in [-0.25, -0.2) is 14.6 Å². The molecule has 12 nitrogen and oxygen atoms in total. The van der Waals surface area contributed by atoms with Crippen molar-refractivity contribution in [3.05, 3.63) is 29.7 Å². The van der Waals surface area contributed by atoms with E-state index in [0.29, 0.717) is 30.9 Å². The first-order chi connectivity index (χ1) is 18.1. The Balaban J connectivity index is 1.56. The van der Waals surface area contributed by atoms with Crippen LogP contribution in [0.15, 0.2) is 22.6 Å². The molecule has 1 heterocycles. The van der Waals surface area contributed by atoms with E-state index in [9.17, 15) is 23.2 Å². The van der Waals surface area contributed by atoms with Gasteiger partial charge in [-0.2, -0.15) is 8.78 Å². The van der Waals surface area contributed by atoms with E-state index in [1.54, 1.807) is 0 Å². The number of aromatic nitrogens is 1. The highest BCUT2D eigenvalue weighted by Gasteiger charge is 2.34. The first kappa shape index (κ1) is 26.9. The number of alkyl carbamates (subject to hydrolysis) is 1. The summed E-state index contributed by atoms with van der Waals surface area (Å²) in [6, 6.07) is 3.73. The monoisotopic (exact) mass is 538 g/mol. The number of methoxy groups -OCH3 is 1. The normalized spacial score (nSPS) is 19.2. The molecule has 0 saturated heterocycles. The average molecular weight is 539 g/mol. The van der Waals surface area contributed by atoms with Crippen molar-refractivity contribution in [3.8, 4) is 23.0 Å². The lowest BCUT2D eigenvalue weighted by Crippen LogP contribution is -2.53. The van der Waals surface area contributed by atoms with Crippen molar-refractivity contribution in [2.45, 2.75) is 57.4 Å². The highest BCUT2D eigenvalue weighted by Crippen LogP contribution is 2.37. The van der Waals surface area contributed by atoms with Crippen LogP contribution >= 0.6 is 0 Å². The summed E-state index contributed by atoms with van der Waals surface area (Å²) < 4.78 is 51.4. The molecule has 14 heteroatoms. The zero-order valence-corrected chi connectivity index (χ0v) is 20.7. The first-order valence-electron chi connectivity index (χ1n) is 12.0. The standard InChI is InChI=1S/C24H28F2N4O8/c1-11(36-23(27)32)19-18(20(31)28-14-8-15(9-14)29-24(33)34-2)30-21(38-19)13-5-6-16(37-22(25)26)17(7-13)35-10-12-3-4-12/h5-7,11-12,14-15,22H,3-4,8-10H2,1-2H3,(H2,27,32)(H,28,31)(H,29,33). The smallest absolute Gasteiger partial charge is 0.407 e. The number of amides is 3. The Morgan fingerprint density at radius 2 is 1.87 bits per heavy atom. The molecule has 2 fully saturated rings. The van der Waals surface area contributed by atoms with E-state index in [1.807, 2.05) is 0 Å². The Kier molecular flexibility index (Phi) is 8.17. The second kappa shape index (κ2) is 11.5. The fourth-order valence-electron chi connectivity index (χ4n) is 3.89. The number of hydrogen-bond donors (Lipinski definition) is 3. The van der Waals surface area contributed by atoms with Crippen LogP contribution in [-0.4, -0.2) is 55.5 Å². The third-order valence-corrected chi connectivity index (χ3v) is 6.09. The molecule has 38 heavy (non-hydrogen) atoms. The second-order valence-corrected chi connectivity index (χ2v) is 9.08. The molecular weight excluding hydrogens is 510 g/mol. The molecule has 2 aromatic rings. The molecule has 1 atom stereocenters. The summed E-state index contributed by atoms with van der Waals surface area (Å²) in [5.41, 5.74) is 5.30. The van der Waals surface area contributed by atoms with Crippen molar-refractivity contribution >= 4 is 18.1 Å². The number of carbonyl (C=O) groups excluding carboxylic acids is 3. The minimum atomic E-state index is -3.05. The number of alkyl halides is 2. The zero-order chi connectivity index (χ0) is 27.4. The largest absolute Gasteiger partial charge is 0.489 e. The van der Waals surface area contributed by atoms with Crippen LogP contribution in [0.25, 0.3) is 11.5 Å². The van der Waals surface area contributed by atoms with Gasteiger partial charge in [0.15, 0.2) is 29.1 Å². The predicted molar refractivity (Wildman–Crippen MR) is 126 cm³/mol. The second-order valence-electron chi connectivity index (χ2n) is 9.08. The summed E-state index contributed by atoms with van der Waals surface area (Å²) in [6.07, 6.45) is 0.225. The molecule has 2 saturated carbocycles. The number of oxazole rings is 1. The minimum absolute atomic E-state index is 0.0382. The van der Waals surface area contributed by atoms with Crippen LogP contribution in [-0.2, 0) is 9.47 Å². The van der Waals surface area contributed by atoms with Crippen molar-refractivity contribution < 1.29 is 46.5 Å². The summed E-state index contributed by atoms with van der Waals surface area (Å²) in [6.45, 7) is -1.26. The number of carbonyl (C=O) groups is 3. The van der Waals surface area contributed by atoms with Crippen LogP contribution in [0.4, 0.5) is 18.4 Å². The molecule has 1 aromatic heterocycles. The van der Waals surface area contributed by atoms with E-state index < -0.39 is 30.8 Å². The Morgan fingerprint density at radius 1 is 1.16 bits per heavy atom. The summed E-state index contributed by atoms with van der Waals surface area (Å²) >= 11 is 0. The summed E-state index contributed by atoms with van der Waals surface area (Å²) in [5.74, 6) is -0.432. The number of halogens is 2. The minimum Gasteiger partial charge on any atom is -0.489 e. The predicted octanol–water partition coefficient (Wildman–Crippen LogP) is 3.50. The number of ether oxygens (including phenoxy) is 4. The van der Waals surface area contributed by atoms with E-state index in [4.69, 9.17) is 19.6 Å². The molecule has 1 aromatic carbocycles. The van der Waals surface area contributed by atoms with Gasteiger partial charge in [0.2, 0.25) is 5.89 Å². The Labute approximate surface area is 216 Å². The fourth-order valence-corrected chi connectivity index (χ4v) is 3.89. The molecule has 206 valence electrons. The van der Waals surface area contributed by atoms with Crippen molar-refractivity contribution in [1.82, 2.24) is 15.6 Å². The molecule has 2 aliphatic carbocycles. The van der Waals surface area contributed by atoms with Gasteiger partial charge in [0.05, 0.1) is 13.7 Å². The van der Waals surface area contributed by atoms with Gasteiger partial charge in [0, 0.05) is 17.6 Å². The first-order valence-corrected chi connectivity index (χ1v) is 12.0. The van der Waals surface area contributed by atoms with E-state index in [0.717, 1.165) is 12.8 Å². The van der Waals surface area contributed by atoms with Gasteiger partial charge >= 0.3 is 18.8 Å². The number of nitrogens with two attached hydrogens (primary N) is 1. The van der Waals surface area contributed by atoms with Crippen molar-refractivity contribution in [1.29, 1.82) is 0 Å².